The van der Waals surface area contributed by atoms with Gasteiger partial charge in [-0.25, -0.2) is 4.98 Å². The van der Waals surface area contributed by atoms with Crippen LogP contribution < -0.4 is 10.9 Å². The molecule has 1 saturated heterocycles. The van der Waals surface area contributed by atoms with Gasteiger partial charge in [-0.05, 0) is 48.7 Å². The fraction of sp³-hybridized carbons (Fsp3) is 0.304. The van der Waals surface area contributed by atoms with Gasteiger partial charge in [0.15, 0.2) is 0 Å². The van der Waals surface area contributed by atoms with Gasteiger partial charge in [0.1, 0.15) is 5.82 Å². The number of piperidine rings is 1. The lowest BCUT2D eigenvalue weighted by Gasteiger charge is -2.38. The second kappa shape index (κ2) is 9.53. The van der Waals surface area contributed by atoms with E-state index >= 15 is 0 Å². The number of halogens is 2. The van der Waals surface area contributed by atoms with Gasteiger partial charge >= 0.3 is 0 Å². The quantitative estimate of drug-likeness (QED) is 0.521. The molecule has 1 aliphatic rings. The average molecular weight is 504 g/mol. The molecule has 2 aromatic carbocycles. The maximum absolute atomic E-state index is 12.6. The largest absolute Gasteiger partial charge is 0.388 e. The SMILES string of the molecule is O=c1cc(Nc2cccc(Cl)c2)ncn1CC1(O)CCN(Cc2ccc(Br)cc2)CC1. The molecule has 0 saturated carbocycles. The summed E-state index contributed by atoms with van der Waals surface area (Å²) in [6, 6.07) is 17.0. The predicted octanol–water partition coefficient (Wildman–Crippen LogP) is 4.43. The average Bonchev–Trinajstić information content (AvgIpc) is 2.74. The fourth-order valence-corrected chi connectivity index (χ4v) is 4.23. The molecule has 0 atom stereocenters. The van der Waals surface area contributed by atoms with E-state index in [1.54, 1.807) is 12.1 Å². The molecule has 0 spiro atoms. The van der Waals surface area contributed by atoms with Gasteiger partial charge in [0, 0.05) is 40.9 Å². The summed E-state index contributed by atoms with van der Waals surface area (Å²) in [7, 11) is 0. The number of nitrogens with zero attached hydrogens (tertiary/aromatic N) is 3. The zero-order valence-corrected chi connectivity index (χ0v) is 19.3. The molecule has 4 rings (SSSR count). The van der Waals surface area contributed by atoms with E-state index in [0.29, 0.717) is 23.7 Å². The molecule has 2 heterocycles. The third-order valence-corrected chi connectivity index (χ3v) is 6.31. The van der Waals surface area contributed by atoms with Crippen LogP contribution in [0.1, 0.15) is 18.4 Å². The van der Waals surface area contributed by atoms with E-state index in [2.05, 4.69) is 43.3 Å². The normalized spacial score (nSPS) is 16.2. The van der Waals surface area contributed by atoms with Crippen LogP contribution in [0.25, 0.3) is 0 Å². The van der Waals surface area contributed by atoms with Crippen molar-refractivity contribution in [2.75, 3.05) is 18.4 Å². The molecule has 162 valence electrons. The van der Waals surface area contributed by atoms with Gasteiger partial charge in [0.05, 0.1) is 18.5 Å². The number of aromatic nitrogens is 2. The van der Waals surface area contributed by atoms with Crippen molar-refractivity contribution in [3.8, 4) is 0 Å². The number of nitrogens with one attached hydrogen (secondary N) is 1. The summed E-state index contributed by atoms with van der Waals surface area (Å²) in [5, 5.41) is 14.7. The summed E-state index contributed by atoms with van der Waals surface area (Å²) < 4.78 is 2.55. The topological polar surface area (TPSA) is 70.4 Å². The van der Waals surface area contributed by atoms with E-state index in [1.807, 2.05) is 24.3 Å². The third-order valence-electron chi connectivity index (χ3n) is 5.55. The lowest BCUT2D eigenvalue weighted by Crippen LogP contribution is -2.47. The highest BCUT2D eigenvalue weighted by atomic mass is 79.9. The monoisotopic (exact) mass is 502 g/mol. The van der Waals surface area contributed by atoms with Crippen molar-refractivity contribution in [3.05, 3.63) is 86.3 Å². The van der Waals surface area contributed by atoms with Gasteiger partial charge in [-0.2, -0.15) is 0 Å². The molecule has 0 bridgehead atoms. The van der Waals surface area contributed by atoms with Crippen molar-refractivity contribution < 1.29 is 5.11 Å². The van der Waals surface area contributed by atoms with Crippen LogP contribution in [0.2, 0.25) is 5.02 Å². The number of rotatable bonds is 6. The Bertz CT molecular complexity index is 1100. The van der Waals surface area contributed by atoms with E-state index < -0.39 is 5.60 Å². The standard InChI is InChI=1S/C23H24BrClN4O2/c24-18-6-4-17(5-7-18)14-28-10-8-23(31,9-11-28)15-29-16-26-21(13-22(29)30)27-20-3-1-2-19(25)12-20/h1-7,12-13,16,27,31H,8-11,14-15H2. The Labute approximate surface area is 194 Å². The van der Waals surface area contributed by atoms with Crippen molar-refractivity contribution in [3.63, 3.8) is 0 Å². The highest BCUT2D eigenvalue weighted by molar-refractivity contribution is 9.10. The number of hydrogen-bond donors (Lipinski definition) is 2. The molecule has 0 aliphatic carbocycles. The van der Waals surface area contributed by atoms with Gasteiger partial charge in [-0.1, -0.05) is 45.7 Å². The van der Waals surface area contributed by atoms with Gasteiger partial charge in [0.25, 0.3) is 5.56 Å². The Morgan fingerprint density at radius 3 is 2.55 bits per heavy atom. The van der Waals surface area contributed by atoms with Crippen LogP contribution in [0.5, 0.6) is 0 Å². The van der Waals surface area contributed by atoms with Crippen LogP contribution in [0.3, 0.4) is 0 Å². The number of aliphatic hydroxyl groups is 1. The van der Waals surface area contributed by atoms with Gasteiger partial charge in [-0.3, -0.25) is 14.3 Å². The summed E-state index contributed by atoms with van der Waals surface area (Å²) in [5.74, 6) is 0.444. The minimum absolute atomic E-state index is 0.203. The maximum atomic E-state index is 12.6. The van der Waals surface area contributed by atoms with Crippen LogP contribution >= 0.6 is 27.5 Å². The molecular formula is C23H24BrClN4O2. The summed E-state index contributed by atoms with van der Waals surface area (Å²) in [6.45, 7) is 2.66. The molecule has 0 unspecified atom stereocenters. The first-order valence-electron chi connectivity index (χ1n) is 10.2. The van der Waals surface area contributed by atoms with E-state index in [0.717, 1.165) is 29.8 Å². The Morgan fingerprint density at radius 1 is 1.13 bits per heavy atom. The first-order valence-corrected chi connectivity index (χ1v) is 11.3. The van der Waals surface area contributed by atoms with E-state index in [4.69, 9.17) is 11.6 Å². The molecular weight excluding hydrogens is 480 g/mol. The van der Waals surface area contributed by atoms with Crippen molar-refractivity contribution in [2.24, 2.45) is 0 Å². The van der Waals surface area contributed by atoms with Gasteiger partial charge < -0.3 is 10.4 Å². The second-order valence-corrected chi connectivity index (χ2v) is 9.35. The van der Waals surface area contributed by atoms with Gasteiger partial charge in [0.2, 0.25) is 0 Å². The van der Waals surface area contributed by atoms with E-state index in [9.17, 15) is 9.90 Å². The molecule has 6 nitrogen and oxygen atoms in total. The Balaban J connectivity index is 1.35. The van der Waals surface area contributed by atoms with Crippen LogP contribution in [-0.4, -0.2) is 38.2 Å². The van der Waals surface area contributed by atoms with Crippen molar-refractivity contribution in [1.29, 1.82) is 0 Å². The number of likely N-dealkylation sites (tertiary alicyclic amines) is 1. The van der Waals surface area contributed by atoms with Crippen LogP contribution in [0.4, 0.5) is 11.5 Å². The maximum Gasteiger partial charge on any atom is 0.255 e. The summed E-state index contributed by atoms with van der Waals surface area (Å²) >= 11 is 9.45. The Morgan fingerprint density at radius 2 is 1.87 bits per heavy atom. The third kappa shape index (κ3) is 5.95. The molecule has 31 heavy (non-hydrogen) atoms. The highest BCUT2D eigenvalue weighted by Crippen LogP contribution is 2.25. The van der Waals surface area contributed by atoms with Crippen LogP contribution in [-0.2, 0) is 13.1 Å². The molecule has 3 aromatic rings. The summed E-state index contributed by atoms with van der Waals surface area (Å²) in [5.41, 5.74) is 0.889. The lowest BCUT2D eigenvalue weighted by molar-refractivity contribution is -0.0365. The Hall–Kier alpha value is -2.19. The minimum atomic E-state index is -0.913. The zero-order valence-electron chi connectivity index (χ0n) is 17.0. The summed E-state index contributed by atoms with van der Waals surface area (Å²) in [4.78, 5) is 19.2. The lowest BCUT2D eigenvalue weighted by atomic mass is 9.91. The summed E-state index contributed by atoms with van der Waals surface area (Å²) in [6.07, 6.45) is 2.71. The first kappa shape index (κ1) is 22.0. The van der Waals surface area contributed by atoms with Crippen LogP contribution in [0.15, 0.2) is 70.2 Å². The predicted molar refractivity (Wildman–Crippen MR) is 127 cm³/mol. The van der Waals surface area contributed by atoms with E-state index in [1.165, 1.54) is 22.5 Å². The molecule has 1 aliphatic heterocycles. The highest BCUT2D eigenvalue weighted by Gasteiger charge is 2.33. The Kier molecular flexibility index (Phi) is 6.77. The fourth-order valence-electron chi connectivity index (χ4n) is 3.78. The minimum Gasteiger partial charge on any atom is -0.388 e. The smallest absolute Gasteiger partial charge is 0.255 e. The molecule has 1 aromatic heterocycles. The second-order valence-electron chi connectivity index (χ2n) is 8.00. The number of hydrogen-bond acceptors (Lipinski definition) is 5. The number of benzene rings is 2. The van der Waals surface area contributed by atoms with E-state index in [-0.39, 0.29) is 12.1 Å². The first-order chi connectivity index (χ1) is 14.9. The number of anilines is 2. The van der Waals surface area contributed by atoms with Crippen molar-refractivity contribution >= 4 is 39.0 Å². The molecule has 8 heteroatoms. The van der Waals surface area contributed by atoms with Gasteiger partial charge in [-0.15, -0.1) is 0 Å². The zero-order chi connectivity index (χ0) is 21.8. The van der Waals surface area contributed by atoms with Crippen molar-refractivity contribution in [1.82, 2.24) is 14.5 Å². The molecule has 1 fully saturated rings. The van der Waals surface area contributed by atoms with Crippen molar-refractivity contribution in [2.45, 2.75) is 31.5 Å². The molecule has 2 N–H and O–H groups in total. The van der Waals surface area contributed by atoms with Crippen LogP contribution in [0, 0.1) is 0 Å². The molecule has 0 radical (unpaired) electrons. The molecule has 0 amide bonds.